The summed E-state index contributed by atoms with van der Waals surface area (Å²) in [4.78, 5) is 30.2. The first kappa shape index (κ1) is 22.5. The predicted octanol–water partition coefficient (Wildman–Crippen LogP) is 2.30. The van der Waals surface area contributed by atoms with Crippen LogP contribution in [0.5, 0.6) is 11.5 Å². The number of aryl methyl sites for hydroxylation is 2. The Kier molecular flexibility index (Phi) is 7.04. The summed E-state index contributed by atoms with van der Waals surface area (Å²) in [6.45, 7) is 3.11. The monoisotopic (exact) mass is 429 g/mol. The maximum Gasteiger partial charge on any atom is 0.332 e. The molecule has 0 amide bonds. The van der Waals surface area contributed by atoms with Gasteiger partial charge in [0.15, 0.2) is 22.7 Å². The van der Waals surface area contributed by atoms with Crippen LogP contribution < -0.4 is 26.0 Å². The maximum atomic E-state index is 13.0. The molecule has 0 saturated heterocycles. The van der Waals surface area contributed by atoms with Gasteiger partial charge in [0, 0.05) is 27.2 Å². The van der Waals surface area contributed by atoms with E-state index in [9.17, 15) is 9.59 Å². The van der Waals surface area contributed by atoms with Crippen molar-refractivity contribution in [2.45, 2.75) is 39.2 Å². The van der Waals surface area contributed by atoms with Crippen molar-refractivity contribution in [3.8, 4) is 11.5 Å². The number of rotatable bonds is 10. The van der Waals surface area contributed by atoms with E-state index in [2.05, 4.69) is 17.2 Å². The number of nitrogens with one attached hydrogen (secondary N) is 1. The Morgan fingerprint density at radius 1 is 1.03 bits per heavy atom. The highest BCUT2D eigenvalue weighted by molar-refractivity contribution is 5.74. The summed E-state index contributed by atoms with van der Waals surface area (Å²) >= 11 is 0. The molecular weight excluding hydrogens is 398 g/mol. The lowest BCUT2D eigenvalue weighted by Gasteiger charge is -2.10. The Morgan fingerprint density at radius 3 is 2.45 bits per heavy atom. The molecule has 3 rings (SSSR count). The van der Waals surface area contributed by atoms with E-state index in [1.165, 1.54) is 9.13 Å². The maximum absolute atomic E-state index is 13.0. The summed E-state index contributed by atoms with van der Waals surface area (Å²) in [5, 5.41) is 3.28. The normalized spacial score (nSPS) is 11.1. The molecule has 0 aliphatic carbocycles. The van der Waals surface area contributed by atoms with Crippen LogP contribution >= 0.6 is 0 Å². The van der Waals surface area contributed by atoms with Crippen molar-refractivity contribution in [1.29, 1.82) is 0 Å². The number of unbranched alkanes of at least 4 members (excludes halogenated alkanes) is 2. The third-order valence-corrected chi connectivity index (χ3v) is 5.49. The highest BCUT2D eigenvalue weighted by atomic mass is 16.5. The van der Waals surface area contributed by atoms with Gasteiger partial charge in [-0.3, -0.25) is 13.9 Å². The zero-order chi connectivity index (χ0) is 22.5. The van der Waals surface area contributed by atoms with Crippen molar-refractivity contribution in [3.63, 3.8) is 0 Å². The highest BCUT2D eigenvalue weighted by Crippen LogP contribution is 2.27. The predicted molar refractivity (Wildman–Crippen MR) is 121 cm³/mol. The van der Waals surface area contributed by atoms with Crippen molar-refractivity contribution >= 4 is 17.1 Å². The van der Waals surface area contributed by atoms with Gasteiger partial charge in [-0.15, -0.1) is 0 Å². The number of aromatic nitrogens is 4. The van der Waals surface area contributed by atoms with Gasteiger partial charge in [-0.25, -0.2) is 4.79 Å². The fraction of sp³-hybridized carbons (Fsp3) is 0.500. The van der Waals surface area contributed by atoms with Crippen LogP contribution in [0.25, 0.3) is 11.2 Å². The summed E-state index contributed by atoms with van der Waals surface area (Å²) in [5.74, 6) is 1.92. The van der Waals surface area contributed by atoms with Crippen LogP contribution in [0.1, 0.15) is 31.7 Å². The van der Waals surface area contributed by atoms with E-state index < -0.39 is 0 Å². The Hall–Kier alpha value is -3.23. The molecule has 9 heteroatoms. The summed E-state index contributed by atoms with van der Waals surface area (Å²) in [6.07, 6.45) is 3.52. The minimum absolute atomic E-state index is 0.294. The van der Waals surface area contributed by atoms with E-state index in [0.29, 0.717) is 41.7 Å². The van der Waals surface area contributed by atoms with E-state index in [0.717, 1.165) is 31.2 Å². The number of hydrogen-bond acceptors (Lipinski definition) is 6. The molecule has 1 aromatic carbocycles. The van der Waals surface area contributed by atoms with Crippen LogP contribution in [-0.4, -0.2) is 39.4 Å². The molecule has 168 valence electrons. The second-order valence-corrected chi connectivity index (χ2v) is 7.54. The van der Waals surface area contributed by atoms with Gasteiger partial charge < -0.3 is 19.4 Å². The van der Waals surface area contributed by atoms with Crippen molar-refractivity contribution in [2.75, 3.05) is 26.1 Å². The Labute approximate surface area is 181 Å². The van der Waals surface area contributed by atoms with Gasteiger partial charge >= 0.3 is 5.69 Å². The van der Waals surface area contributed by atoms with Crippen LogP contribution in [-0.2, 0) is 27.1 Å². The van der Waals surface area contributed by atoms with Gasteiger partial charge in [-0.05, 0) is 30.5 Å². The zero-order valence-electron chi connectivity index (χ0n) is 18.9. The Bertz CT molecular complexity index is 1180. The molecule has 0 spiro atoms. The summed E-state index contributed by atoms with van der Waals surface area (Å²) < 4.78 is 15.1. The van der Waals surface area contributed by atoms with Crippen molar-refractivity contribution < 1.29 is 9.47 Å². The molecule has 0 saturated carbocycles. The first-order valence-corrected chi connectivity index (χ1v) is 10.5. The van der Waals surface area contributed by atoms with Crippen LogP contribution in [0, 0.1) is 0 Å². The SMILES string of the molecule is CCCCCn1c(=O)c2c(nc(NCCc3ccc(OC)c(OC)c3)n2C)n(C)c1=O. The molecule has 0 fully saturated rings. The van der Waals surface area contributed by atoms with Crippen LogP contribution in [0.15, 0.2) is 27.8 Å². The third-order valence-electron chi connectivity index (χ3n) is 5.49. The molecule has 2 heterocycles. The topological polar surface area (TPSA) is 92.3 Å². The Morgan fingerprint density at radius 2 is 1.77 bits per heavy atom. The Balaban J connectivity index is 1.83. The number of hydrogen-bond donors (Lipinski definition) is 1. The molecular formula is C22H31N5O4. The largest absolute Gasteiger partial charge is 0.493 e. The zero-order valence-corrected chi connectivity index (χ0v) is 18.9. The first-order valence-electron chi connectivity index (χ1n) is 10.5. The number of benzene rings is 1. The number of nitrogens with zero attached hydrogens (tertiary/aromatic N) is 4. The quantitative estimate of drug-likeness (QED) is 0.497. The molecule has 0 bridgehead atoms. The van der Waals surface area contributed by atoms with E-state index in [-0.39, 0.29) is 11.2 Å². The third kappa shape index (κ3) is 4.45. The van der Waals surface area contributed by atoms with Crippen molar-refractivity contribution in [3.05, 3.63) is 44.6 Å². The molecule has 1 N–H and O–H groups in total. The first-order chi connectivity index (χ1) is 14.9. The van der Waals surface area contributed by atoms with E-state index >= 15 is 0 Å². The molecule has 2 aromatic heterocycles. The lowest BCUT2D eigenvalue weighted by molar-refractivity contribution is 0.354. The molecule has 0 aliphatic rings. The molecule has 3 aromatic rings. The van der Waals surface area contributed by atoms with Gasteiger partial charge in [-0.1, -0.05) is 25.8 Å². The summed E-state index contributed by atoms with van der Waals surface area (Å²) in [5.41, 5.74) is 1.26. The summed E-state index contributed by atoms with van der Waals surface area (Å²) in [6, 6.07) is 5.80. The van der Waals surface area contributed by atoms with Crippen molar-refractivity contribution in [2.24, 2.45) is 14.1 Å². The minimum atomic E-state index is -0.330. The molecule has 0 unspecified atom stereocenters. The van der Waals surface area contributed by atoms with Crippen LogP contribution in [0.4, 0.5) is 5.95 Å². The molecule has 0 aliphatic heterocycles. The lowest BCUT2D eigenvalue weighted by atomic mass is 10.1. The molecule has 0 atom stereocenters. The van der Waals surface area contributed by atoms with Gasteiger partial charge in [0.1, 0.15) is 0 Å². The summed E-state index contributed by atoms with van der Waals surface area (Å²) in [7, 11) is 6.66. The van der Waals surface area contributed by atoms with E-state index in [1.807, 2.05) is 18.2 Å². The average Bonchev–Trinajstić information content (AvgIpc) is 3.11. The number of anilines is 1. The van der Waals surface area contributed by atoms with Gasteiger partial charge in [0.25, 0.3) is 5.56 Å². The minimum Gasteiger partial charge on any atom is -0.493 e. The number of methoxy groups -OCH3 is 2. The fourth-order valence-corrected chi connectivity index (χ4v) is 3.67. The van der Waals surface area contributed by atoms with E-state index in [1.54, 1.807) is 32.9 Å². The van der Waals surface area contributed by atoms with Gasteiger partial charge in [0.2, 0.25) is 5.95 Å². The molecule has 0 radical (unpaired) electrons. The second-order valence-electron chi connectivity index (χ2n) is 7.54. The fourth-order valence-electron chi connectivity index (χ4n) is 3.67. The number of ether oxygens (including phenoxy) is 2. The van der Waals surface area contributed by atoms with Gasteiger partial charge in [-0.2, -0.15) is 4.98 Å². The average molecular weight is 430 g/mol. The second kappa shape index (κ2) is 9.72. The number of fused-ring (bicyclic) bond motifs is 1. The standard InChI is InChI=1S/C22H31N5O4/c1-6-7-8-13-27-20(28)18-19(26(3)22(27)29)24-21(25(18)2)23-12-11-15-9-10-16(30-4)17(14-15)31-5/h9-10,14H,6-8,11-13H2,1-5H3,(H,23,24). The lowest BCUT2D eigenvalue weighted by Crippen LogP contribution is -2.39. The van der Waals surface area contributed by atoms with Crippen molar-refractivity contribution in [1.82, 2.24) is 18.7 Å². The van der Waals surface area contributed by atoms with Crippen LogP contribution in [0.2, 0.25) is 0 Å². The molecule has 9 nitrogen and oxygen atoms in total. The molecule has 31 heavy (non-hydrogen) atoms. The van der Waals surface area contributed by atoms with Gasteiger partial charge in [0.05, 0.1) is 14.2 Å². The highest BCUT2D eigenvalue weighted by Gasteiger charge is 2.18. The van der Waals surface area contributed by atoms with E-state index in [4.69, 9.17) is 9.47 Å². The smallest absolute Gasteiger partial charge is 0.332 e. The number of imidazole rings is 1. The van der Waals surface area contributed by atoms with Crippen LogP contribution in [0.3, 0.4) is 0 Å².